The molecule has 7 nitrogen and oxygen atoms in total. The molecule has 7 heteroatoms. The zero-order valence-electron chi connectivity index (χ0n) is 25.9. The van der Waals surface area contributed by atoms with Crippen LogP contribution >= 0.6 is 0 Å². The van der Waals surface area contributed by atoms with Crippen molar-refractivity contribution in [3.05, 3.63) is 162 Å². The highest BCUT2D eigenvalue weighted by molar-refractivity contribution is 6.11. The number of hydrogen-bond donors (Lipinski definition) is 0. The summed E-state index contributed by atoms with van der Waals surface area (Å²) < 4.78 is 2.15. The maximum absolute atomic E-state index is 10.0. The molecule has 0 amide bonds. The minimum absolute atomic E-state index is 0.414. The lowest BCUT2D eigenvalue weighted by molar-refractivity contribution is 1.06. The summed E-state index contributed by atoms with van der Waals surface area (Å²) in [6.45, 7) is 7.54. The van der Waals surface area contributed by atoms with Gasteiger partial charge in [0.2, 0.25) is 0 Å². The Morgan fingerprint density at radius 3 is 1.82 bits per heavy atom. The van der Waals surface area contributed by atoms with Crippen molar-refractivity contribution in [2.24, 2.45) is 0 Å². The molecule has 0 N–H and O–H groups in total. The van der Waals surface area contributed by atoms with Crippen LogP contribution in [-0.2, 0) is 0 Å². The van der Waals surface area contributed by atoms with E-state index in [0.717, 1.165) is 55.3 Å². The Morgan fingerprint density at radius 2 is 1.14 bits per heavy atom. The molecule has 0 unspecified atom stereocenters. The second-order valence-electron chi connectivity index (χ2n) is 11.5. The first-order chi connectivity index (χ1) is 24.1. The van der Waals surface area contributed by atoms with Crippen LogP contribution in [0.3, 0.4) is 0 Å². The van der Waals surface area contributed by atoms with Crippen molar-refractivity contribution in [3.8, 4) is 63.1 Å². The Morgan fingerprint density at radius 1 is 0.510 bits per heavy atom. The molecule has 49 heavy (non-hydrogen) atoms. The van der Waals surface area contributed by atoms with Crippen LogP contribution in [0.2, 0.25) is 0 Å². The summed E-state index contributed by atoms with van der Waals surface area (Å²) >= 11 is 0. The van der Waals surface area contributed by atoms with Gasteiger partial charge in [-0.1, -0.05) is 84.9 Å². The molecule has 0 bridgehead atoms. The van der Waals surface area contributed by atoms with Gasteiger partial charge in [-0.25, -0.2) is 19.8 Å². The maximum atomic E-state index is 10.0. The SMILES string of the molecule is [C-]#[N+]c1cc(C#N)cc(-c2ccc3c(c2)c2ccccc2n3-c2cc(C#N)ccc2-c2nc(-c3ccccc3)nc(-c3ccccc3)n2)c1. The van der Waals surface area contributed by atoms with E-state index in [1.807, 2.05) is 97.1 Å². The van der Waals surface area contributed by atoms with Crippen molar-refractivity contribution in [1.82, 2.24) is 19.5 Å². The summed E-state index contributed by atoms with van der Waals surface area (Å²) in [4.78, 5) is 18.5. The van der Waals surface area contributed by atoms with Gasteiger partial charge in [0.05, 0.1) is 41.0 Å². The minimum atomic E-state index is 0.414. The molecule has 8 rings (SSSR count). The van der Waals surface area contributed by atoms with E-state index in [1.165, 1.54) is 0 Å². The van der Waals surface area contributed by atoms with Gasteiger partial charge in [0.1, 0.15) is 0 Å². The van der Waals surface area contributed by atoms with Gasteiger partial charge in [0.25, 0.3) is 0 Å². The first-order valence-corrected chi connectivity index (χ1v) is 15.5. The highest BCUT2D eigenvalue weighted by Crippen LogP contribution is 2.39. The van der Waals surface area contributed by atoms with Crippen LogP contribution in [-0.4, -0.2) is 19.5 Å². The molecule has 2 heterocycles. The summed E-state index contributed by atoms with van der Waals surface area (Å²) in [6.07, 6.45) is 0. The first-order valence-electron chi connectivity index (χ1n) is 15.5. The molecule has 8 aromatic rings. The molecule has 2 aromatic heterocycles. The zero-order chi connectivity index (χ0) is 33.3. The molecule has 0 atom stereocenters. The molecule has 6 aromatic carbocycles. The Bertz CT molecular complexity index is 2600. The molecule has 0 aliphatic rings. The predicted molar refractivity (Wildman–Crippen MR) is 192 cm³/mol. The van der Waals surface area contributed by atoms with Gasteiger partial charge in [0, 0.05) is 33.0 Å². The predicted octanol–water partition coefficient (Wildman–Crippen LogP) is 9.93. The fourth-order valence-corrected chi connectivity index (χ4v) is 6.22. The highest BCUT2D eigenvalue weighted by atomic mass is 15.1. The maximum Gasteiger partial charge on any atom is 0.189 e. The van der Waals surface area contributed by atoms with E-state index < -0.39 is 0 Å². The number of aromatic nitrogens is 4. The molecular formula is C42H23N7. The van der Waals surface area contributed by atoms with Crippen LogP contribution in [0.25, 0.3) is 77.6 Å². The Balaban J connectivity index is 1.39. The van der Waals surface area contributed by atoms with Crippen molar-refractivity contribution in [2.75, 3.05) is 0 Å². The lowest BCUT2D eigenvalue weighted by Crippen LogP contribution is -2.04. The second-order valence-corrected chi connectivity index (χ2v) is 11.5. The largest absolute Gasteiger partial charge is 0.308 e. The van der Waals surface area contributed by atoms with Gasteiger partial charge in [0.15, 0.2) is 23.2 Å². The quantitative estimate of drug-likeness (QED) is 0.177. The number of para-hydroxylation sites is 1. The normalized spacial score (nSPS) is 10.8. The van der Waals surface area contributed by atoms with Crippen molar-refractivity contribution < 1.29 is 0 Å². The third kappa shape index (κ3) is 5.22. The van der Waals surface area contributed by atoms with Gasteiger partial charge in [-0.3, -0.25) is 0 Å². The minimum Gasteiger partial charge on any atom is -0.308 e. The van der Waals surface area contributed by atoms with E-state index in [-0.39, 0.29) is 0 Å². The molecule has 0 spiro atoms. The van der Waals surface area contributed by atoms with Crippen molar-refractivity contribution >= 4 is 27.5 Å². The number of nitrogens with zero attached hydrogens (tertiary/aromatic N) is 7. The molecule has 0 aliphatic heterocycles. The average molecular weight is 626 g/mol. The Labute approximate surface area is 282 Å². The van der Waals surface area contributed by atoms with E-state index in [0.29, 0.717) is 34.3 Å². The van der Waals surface area contributed by atoms with Gasteiger partial charge < -0.3 is 4.57 Å². The number of nitriles is 2. The van der Waals surface area contributed by atoms with E-state index in [1.54, 1.807) is 24.3 Å². The van der Waals surface area contributed by atoms with E-state index in [2.05, 4.69) is 39.7 Å². The Kier molecular flexibility index (Phi) is 7.16. The van der Waals surface area contributed by atoms with Crippen LogP contribution in [0.15, 0.2) is 140 Å². The van der Waals surface area contributed by atoms with Crippen LogP contribution in [0.1, 0.15) is 11.1 Å². The molecule has 0 aliphatic carbocycles. The third-order valence-corrected chi connectivity index (χ3v) is 8.49. The summed E-state index contributed by atoms with van der Waals surface area (Å²) in [5.41, 5.74) is 8.13. The first kappa shape index (κ1) is 29.0. The molecule has 0 saturated heterocycles. The summed E-state index contributed by atoms with van der Waals surface area (Å²) in [5.74, 6) is 1.57. The van der Waals surface area contributed by atoms with Crippen molar-refractivity contribution in [2.45, 2.75) is 0 Å². The lowest BCUT2D eigenvalue weighted by atomic mass is 10.00. The molecule has 226 valence electrons. The number of hydrogen-bond acceptors (Lipinski definition) is 5. The summed E-state index contributed by atoms with van der Waals surface area (Å²) in [7, 11) is 0. The van der Waals surface area contributed by atoms with Gasteiger partial charge >= 0.3 is 0 Å². The topological polar surface area (TPSA) is 95.5 Å². The fraction of sp³-hybridized carbons (Fsp3) is 0. The number of fused-ring (bicyclic) bond motifs is 3. The van der Waals surface area contributed by atoms with Crippen LogP contribution in [0, 0.1) is 29.2 Å². The lowest BCUT2D eigenvalue weighted by Gasteiger charge is -2.15. The van der Waals surface area contributed by atoms with Crippen molar-refractivity contribution in [3.63, 3.8) is 0 Å². The van der Waals surface area contributed by atoms with Gasteiger partial charge in [-0.2, -0.15) is 10.5 Å². The number of benzene rings is 6. The van der Waals surface area contributed by atoms with Gasteiger partial charge in [-0.05, 0) is 65.7 Å². The smallest absolute Gasteiger partial charge is 0.189 e. The Hall–Kier alpha value is -7.40. The molecule has 0 saturated carbocycles. The van der Waals surface area contributed by atoms with Crippen LogP contribution in [0.5, 0.6) is 0 Å². The monoisotopic (exact) mass is 625 g/mol. The molecule has 0 radical (unpaired) electrons. The number of rotatable bonds is 5. The third-order valence-electron chi connectivity index (χ3n) is 8.49. The summed E-state index contributed by atoms with van der Waals surface area (Å²) in [5, 5.41) is 21.6. The molecular weight excluding hydrogens is 603 g/mol. The molecule has 0 fully saturated rings. The van der Waals surface area contributed by atoms with Crippen molar-refractivity contribution in [1.29, 1.82) is 10.5 Å². The van der Waals surface area contributed by atoms with E-state index in [9.17, 15) is 10.5 Å². The van der Waals surface area contributed by atoms with E-state index >= 15 is 0 Å². The van der Waals surface area contributed by atoms with E-state index in [4.69, 9.17) is 21.5 Å². The summed E-state index contributed by atoms with van der Waals surface area (Å²) in [6, 6.07) is 49.2. The standard InChI is InChI=1S/C42H23N7/c1-45-33-21-28(26-44)20-32(23-33)31-17-19-38-36(24-31)34-14-8-9-15-37(34)49(38)39-22-27(25-43)16-18-35(39)42-47-40(29-10-4-2-5-11-29)46-41(48-42)30-12-6-3-7-13-30/h2-24H. The van der Waals surface area contributed by atoms with Crippen LogP contribution < -0.4 is 0 Å². The van der Waals surface area contributed by atoms with Gasteiger partial charge in [-0.15, -0.1) is 0 Å². The second kappa shape index (κ2) is 12.1. The average Bonchev–Trinajstić information content (AvgIpc) is 3.51. The van der Waals surface area contributed by atoms with Crippen LogP contribution in [0.4, 0.5) is 5.69 Å². The zero-order valence-corrected chi connectivity index (χ0v) is 25.9. The fourth-order valence-electron chi connectivity index (χ4n) is 6.22. The highest BCUT2D eigenvalue weighted by Gasteiger charge is 2.20.